The molecule has 0 spiro atoms. The Morgan fingerprint density at radius 2 is 1.95 bits per heavy atom. The van der Waals surface area contributed by atoms with Crippen molar-refractivity contribution in [2.45, 2.75) is 63.6 Å². The molecular formula is C28H37ClFN5O2. The van der Waals surface area contributed by atoms with Gasteiger partial charge in [0.05, 0.1) is 28.8 Å². The number of benzene rings is 1. The Morgan fingerprint density at radius 3 is 2.65 bits per heavy atom. The molecule has 37 heavy (non-hydrogen) atoms. The summed E-state index contributed by atoms with van der Waals surface area (Å²) in [4.78, 5) is 4.50. The summed E-state index contributed by atoms with van der Waals surface area (Å²) in [5.41, 5.74) is 1.38. The number of halogens is 2. The van der Waals surface area contributed by atoms with Crippen molar-refractivity contribution in [3.63, 3.8) is 0 Å². The molecule has 0 amide bonds. The summed E-state index contributed by atoms with van der Waals surface area (Å²) in [6.45, 7) is 4.32. The number of methoxy groups -OCH3 is 1. The van der Waals surface area contributed by atoms with Gasteiger partial charge in [-0.2, -0.15) is 5.26 Å². The molecule has 0 radical (unpaired) electrons. The number of ether oxygens (including phenoxy) is 2. The monoisotopic (exact) mass is 529 g/mol. The van der Waals surface area contributed by atoms with Gasteiger partial charge in [0, 0.05) is 56.8 Å². The summed E-state index contributed by atoms with van der Waals surface area (Å²) in [5.74, 6) is 0.394. The Kier molecular flexibility index (Phi) is 9.60. The van der Waals surface area contributed by atoms with Crippen LogP contribution in [0.4, 0.5) is 15.9 Å². The van der Waals surface area contributed by atoms with Crippen LogP contribution < -0.4 is 16.0 Å². The van der Waals surface area contributed by atoms with E-state index in [1.165, 1.54) is 6.07 Å². The number of hydrogen-bond donors (Lipinski definition) is 3. The molecule has 9 heteroatoms. The van der Waals surface area contributed by atoms with Crippen LogP contribution >= 0.6 is 11.6 Å². The van der Waals surface area contributed by atoms with Gasteiger partial charge in [0.25, 0.3) is 0 Å². The number of anilines is 2. The summed E-state index contributed by atoms with van der Waals surface area (Å²) in [5, 5.41) is 20.6. The van der Waals surface area contributed by atoms with Gasteiger partial charge in [0.15, 0.2) is 0 Å². The maximum atomic E-state index is 14.7. The number of pyridine rings is 1. The SMILES string of the molecule is COC[C@H](C)N[C@H]1CC[C@H](Nc2cc(-c3ccc(F)c(NCC4(C#N)CCOCC4)c3)c(Cl)cn2)CC1. The zero-order valence-corrected chi connectivity index (χ0v) is 22.4. The summed E-state index contributed by atoms with van der Waals surface area (Å²) < 4.78 is 25.3. The van der Waals surface area contributed by atoms with Crippen molar-refractivity contribution in [1.29, 1.82) is 5.26 Å². The van der Waals surface area contributed by atoms with E-state index in [0.29, 0.717) is 68.0 Å². The molecule has 1 atom stereocenters. The number of aromatic nitrogens is 1. The molecule has 2 fully saturated rings. The van der Waals surface area contributed by atoms with Gasteiger partial charge in [-0.05, 0) is 69.2 Å². The molecule has 1 aromatic carbocycles. The zero-order chi connectivity index (χ0) is 26.3. The van der Waals surface area contributed by atoms with E-state index in [9.17, 15) is 9.65 Å². The van der Waals surface area contributed by atoms with E-state index in [1.807, 2.05) is 6.07 Å². The summed E-state index contributed by atoms with van der Waals surface area (Å²) in [7, 11) is 1.73. The molecular weight excluding hydrogens is 493 g/mol. The molecule has 1 saturated carbocycles. The maximum absolute atomic E-state index is 14.7. The van der Waals surface area contributed by atoms with E-state index in [1.54, 1.807) is 25.4 Å². The van der Waals surface area contributed by atoms with E-state index < -0.39 is 5.41 Å². The smallest absolute Gasteiger partial charge is 0.146 e. The lowest BCUT2D eigenvalue weighted by atomic mass is 9.81. The van der Waals surface area contributed by atoms with E-state index in [2.05, 4.69) is 33.9 Å². The first-order chi connectivity index (χ1) is 17.9. The Morgan fingerprint density at radius 1 is 1.22 bits per heavy atom. The fourth-order valence-corrected chi connectivity index (χ4v) is 5.45. The van der Waals surface area contributed by atoms with Crippen LogP contribution in [0.2, 0.25) is 5.02 Å². The lowest BCUT2D eigenvalue weighted by Gasteiger charge is -2.32. The molecule has 4 rings (SSSR count). The normalized spacial score (nSPS) is 22.1. The fraction of sp³-hybridized carbons (Fsp3) is 0.571. The van der Waals surface area contributed by atoms with Gasteiger partial charge in [-0.25, -0.2) is 9.37 Å². The molecule has 0 unspecified atom stereocenters. The van der Waals surface area contributed by atoms with Gasteiger partial charge in [0.1, 0.15) is 11.6 Å². The van der Waals surface area contributed by atoms with Crippen molar-refractivity contribution < 1.29 is 13.9 Å². The van der Waals surface area contributed by atoms with Gasteiger partial charge in [-0.1, -0.05) is 17.7 Å². The van der Waals surface area contributed by atoms with Crippen LogP contribution in [0.15, 0.2) is 30.5 Å². The highest BCUT2D eigenvalue weighted by Gasteiger charge is 2.32. The van der Waals surface area contributed by atoms with E-state index >= 15 is 0 Å². The Bertz CT molecular complexity index is 1080. The van der Waals surface area contributed by atoms with Crippen molar-refractivity contribution in [2.24, 2.45) is 5.41 Å². The summed E-state index contributed by atoms with van der Waals surface area (Å²) in [6.07, 6.45) is 7.19. The van der Waals surface area contributed by atoms with Gasteiger partial charge in [-0.3, -0.25) is 0 Å². The van der Waals surface area contributed by atoms with Crippen molar-refractivity contribution in [2.75, 3.05) is 44.1 Å². The third-order valence-electron chi connectivity index (χ3n) is 7.45. The molecule has 200 valence electrons. The second kappa shape index (κ2) is 12.9. The van der Waals surface area contributed by atoms with Gasteiger partial charge >= 0.3 is 0 Å². The second-order valence-corrected chi connectivity index (χ2v) is 10.7. The molecule has 1 saturated heterocycles. The fourth-order valence-electron chi connectivity index (χ4n) is 5.24. The number of nitrogens with zero attached hydrogens (tertiary/aromatic N) is 2. The third kappa shape index (κ3) is 7.32. The maximum Gasteiger partial charge on any atom is 0.146 e. The van der Waals surface area contributed by atoms with Crippen LogP contribution in [0.1, 0.15) is 45.4 Å². The van der Waals surface area contributed by atoms with Gasteiger partial charge in [-0.15, -0.1) is 0 Å². The van der Waals surface area contributed by atoms with Crippen LogP contribution in [0.3, 0.4) is 0 Å². The zero-order valence-electron chi connectivity index (χ0n) is 21.7. The van der Waals surface area contributed by atoms with Gasteiger partial charge in [0.2, 0.25) is 0 Å². The molecule has 1 aliphatic carbocycles. The highest BCUT2D eigenvalue weighted by Crippen LogP contribution is 2.34. The predicted molar refractivity (Wildman–Crippen MR) is 145 cm³/mol. The van der Waals surface area contributed by atoms with Crippen LogP contribution in [0, 0.1) is 22.6 Å². The minimum Gasteiger partial charge on any atom is -0.383 e. The first kappa shape index (κ1) is 27.6. The number of hydrogen-bond acceptors (Lipinski definition) is 7. The van der Waals surface area contributed by atoms with E-state index in [0.717, 1.165) is 42.6 Å². The molecule has 7 nitrogen and oxygen atoms in total. The molecule has 2 aromatic rings. The minimum atomic E-state index is -0.553. The number of rotatable bonds is 10. The topological polar surface area (TPSA) is 91.2 Å². The van der Waals surface area contributed by atoms with Gasteiger partial charge < -0.3 is 25.4 Å². The van der Waals surface area contributed by atoms with Crippen LogP contribution in [0.25, 0.3) is 11.1 Å². The standard InChI is InChI=1S/C28H37ClFN5O2/c1-19(16-36-2)34-21-4-6-22(7-5-21)35-27-14-23(24(29)15-32-27)20-3-8-25(30)26(13-20)33-18-28(17-31)9-11-37-12-10-28/h3,8,13-15,19,21-22,33-34H,4-7,9-12,16,18H2,1-2H3,(H,32,35)/t19-,21-,22-/m0/s1. The van der Waals surface area contributed by atoms with E-state index in [-0.39, 0.29) is 5.82 Å². The summed E-state index contributed by atoms with van der Waals surface area (Å²) in [6, 6.07) is 10.4. The molecule has 1 aliphatic heterocycles. The molecule has 3 N–H and O–H groups in total. The Balaban J connectivity index is 1.41. The lowest BCUT2D eigenvalue weighted by Crippen LogP contribution is -2.42. The molecule has 0 bridgehead atoms. The lowest BCUT2D eigenvalue weighted by molar-refractivity contribution is 0.0456. The average Bonchev–Trinajstić information content (AvgIpc) is 2.91. The average molecular weight is 530 g/mol. The quantitative estimate of drug-likeness (QED) is 0.368. The summed E-state index contributed by atoms with van der Waals surface area (Å²) >= 11 is 6.52. The van der Waals surface area contributed by atoms with Crippen LogP contribution in [-0.2, 0) is 9.47 Å². The predicted octanol–water partition coefficient (Wildman–Crippen LogP) is 5.62. The molecule has 2 aliphatic rings. The minimum absolute atomic E-state index is 0.337. The molecule has 2 heterocycles. The first-order valence-electron chi connectivity index (χ1n) is 13.1. The molecule has 1 aromatic heterocycles. The van der Waals surface area contributed by atoms with E-state index in [4.69, 9.17) is 21.1 Å². The van der Waals surface area contributed by atoms with Crippen molar-refractivity contribution in [1.82, 2.24) is 10.3 Å². The number of nitrogens with one attached hydrogen (secondary N) is 3. The van der Waals surface area contributed by atoms with Crippen molar-refractivity contribution in [3.8, 4) is 17.2 Å². The Labute approximate surface area is 224 Å². The first-order valence-corrected chi connectivity index (χ1v) is 13.5. The highest BCUT2D eigenvalue weighted by molar-refractivity contribution is 6.33. The number of nitriles is 1. The van der Waals surface area contributed by atoms with Crippen molar-refractivity contribution >= 4 is 23.1 Å². The van der Waals surface area contributed by atoms with Crippen molar-refractivity contribution in [3.05, 3.63) is 41.3 Å². The second-order valence-electron chi connectivity index (χ2n) is 10.3. The Hall–Kier alpha value is -2.44. The van der Waals surface area contributed by atoms with Crippen LogP contribution in [0.5, 0.6) is 0 Å². The largest absolute Gasteiger partial charge is 0.383 e. The third-order valence-corrected chi connectivity index (χ3v) is 7.75. The highest BCUT2D eigenvalue weighted by atomic mass is 35.5. The van der Waals surface area contributed by atoms with Crippen LogP contribution in [-0.4, -0.2) is 56.6 Å².